The van der Waals surface area contributed by atoms with Gasteiger partial charge in [-0.3, -0.25) is 14.6 Å². The van der Waals surface area contributed by atoms with Gasteiger partial charge in [0.2, 0.25) is 0 Å². The average molecular weight is 524 g/mol. The quantitative estimate of drug-likeness (QED) is 0.362. The van der Waals surface area contributed by atoms with Gasteiger partial charge in [0.05, 0.1) is 31.8 Å². The van der Waals surface area contributed by atoms with E-state index in [1.807, 2.05) is 18.2 Å². The van der Waals surface area contributed by atoms with Crippen LogP contribution in [0.15, 0.2) is 64.8 Å². The number of hydrogen-bond donors (Lipinski definition) is 0. The number of esters is 2. The van der Waals surface area contributed by atoms with Gasteiger partial charge in [-0.25, -0.2) is 4.79 Å². The molecule has 2 aromatic rings. The van der Waals surface area contributed by atoms with Crippen LogP contribution in [-0.4, -0.2) is 43.8 Å². The maximum Gasteiger partial charge on any atom is 0.336 e. The zero-order valence-corrected chi connectivity index (χ0v) is 22.1. The Morgan fingerprint density at radius 1 is 1.00 bits per heavy atom. The summed E-state index contributed by atoms with van der Waals surface area (Å²) in [5.74, 6) is -4.00. The summed E-state index contributed by atoms with van der Waals surface area (Å²) in [7, 11) is 1.55. The monoisotopic (exact) mass is 523 g/mol. The van der Waals surface area contributed by atoms with Crippen molar-refractivity contribution in [3.63, 3.8) is 0 Å². The molecule has 2 aliphatic rings. The van der Waals surface area contributed by atoms with E-state index >= 15 is 0 Å². The zero-order chi connectivity index (χ0) is 26.7. The molecule has 0 amide bonds. The maximum atomic E-state index is 14.3. The number of hydrogen-bond acceptors (Lipinski definition) is 7. The predicted octanol–water partition coefficient (Wildman–Crippen LogP) is 5.28. The summed E-state index contributed by atoms with van der Waals surface area (Å²) < 4.78 is 16.3. The summed E-state index contributed by atoms with van der Waals surface area (Å²) in [5, 5.41) is 0.530. The van der Waals surface area contributed by atoms with Gasteiger partial charge in [-0.05, 0) is 56.5 Å². The highest BCUT2D eigenvalue weighted by Crippen LogP contribution is 2.49. The van der Waals surface area contributed by atoms with Crippen LogP contribution in [-0.2, 0) is 23.9 Å². The molecular weight excluding hydrogens is 494 g/mol. The minimum Gasteiger partial charge on any atom is -0.496 e. The molecule has 0 aromatic heterocycles. The van der Waals surface area contributed by atoms with Gasteiger partial charge >= 0.3 is 11.9 Å². The van der Waals surface area contributed by atoms with E-state index in [1.54, 1.807) is 58.2 Å². The first-order valence-electron chi connectivity index (χ1n) is 12.4. The molecule has 1 unspecified atom stereocenters. The Labute approximate surface area is 221 Å². The van der Waals surface area contributed by atoms with Crippen molar-refractivity contribution in [2.45, 2.75) is 39.0 Å². The lowest BCUT2D eigenvalue weighted by Gasteiger charge is -2.41. The Morgan fingerprint density at radius 3 is 2.32 bits per heavy atom. The topological polar surface area (TPSA) is 91.3 Å². The molecule has 0 N–H and O–H groups in total. The van der Waals surface area contributed by atoms with Crippen LogP contribution in [0.5, 0.6) is 5.75 Å². The molecule has 2 aromatic carbocycles. The van der Waals surface area contributed by atoms with Crippen LogP contribution in [0.1, 0.15) is 50.2 Å². The fraction of sp³-hybridized carbons (Fsp3) is 0.379. The predicted molar refractivity (Wildman–Crippen MR) is 140 cm³/mol. The second kappa shape index (κ2) is 11.3. The summed E-state index contributed by atoms with van der Waals surface area (Å²) in [6, 6.07) is 14.4. The Kier molecular flexibility index (Phi) is 8.13. The van der Waals surface area contributed by atoms with Crippen LogP contribution in [0.4, 0.5) is 0 Å². The molecule has 1 aliphatic heterocycles. The molecular formula is C29H30ClNO6. The van der Waals surface area contributed by atoms with E-state index in [1.165, 1.54) is 0 Å². The fourth-order valence-corrected chi connectivity index (χ4v) is 5.58. The summed E-state index contributed by atoms with van der Waals surface area (Å²) in [6.45, 7) is 5.50. The number of para-hydroxylation sites is 1. The van der Waals surface area contributed by atoms with Crippen LogP contribution < -0.4 is 4.74 Å². The second-order valence-corrected chi connectivity index (χ2v) is 9.45. The first-order valence-corrected chi connectivity index (χ1v) is 12.7. The highest BCUT2D eigenvalue weighted by atomic mass is 35.5. The number of carbonyl (C=O) groups excluding carboxylic acids is 3. The van der Waals surface area contributed by atoms with Crippen molar-refractivity contribution in [1.82, 2.24) is 0 Å². The van der Waals surface area contributed by atoms with Gasteiger partial charge < -0.3 is 14.2 Å². The van der Waals surface area contributed by atoms with Crippen molar-refractivity contribution < 1.29 is 28.6 Å². The molecule has 4 atom stereocenters. The van der Waals surface area contributed by atoms with E-state index in [-0.39, 0.29) is 19.0 Å². The van der Waals surface area contributed by atoms with Crippen LogP contribution >= 0.6 is 11.6 Å². The lowest BCUT2D eigenvalue weighted by atomic mass is 9.62. The van der Waals surface area contributed by atoms with Crippen molar-refractivity contribution in [2.24, 2.45) is 16.8 Å². The fourth-order valence-electron chi connectivity index (χ4n) is 5.45. The number of nitrogens with zero attached hydrogens (tertiary/aromatic N) is 1. The van der Waals surface area contributed by atoms with Crippen LogP contribution in [0.25, 0.3) is 0 Å². The lowest BCUT2D eigenvalue weighted by molar-refractivity contribution is -0.153. The number of ether oxygens (including phenoxy) is 3. The third-order valence-electron chi connectivity index (χ3n) is 6.95. The summed E-state index contributed by atoms with van der Waals surface area (Å²) >= 11 is 6.14. The Hall–Kier alpha value is -3.45. The molecule has 1 saturated carbocycles. The Morgan fingerprint density at radius 2 is 1.68 bits per heavy atom. The highest BCUT2D eigenvalue weighted by molar-refractivity contribution is 6.30. The van der Waals surface area contributed by atoms with Crippen molar-refractivity contribution in [3.8, 4) is 5.75 Å². The van der Waals surface area contributed by atoms with Gasteiger partial charge in [0.25, 0.3) is 0 Å². The number of Topliss-reactive ketones (excluding diaryl/α,β-unsaturated/α-hetero) is 1. The number of carbonyl (C=O) groups is 3. The van der Waals surface area contributed by atoms with E-state index in [0.29, 0.717) is 34.2 Å². The molecule has 1 fully saturated rings. The third-order valence-corrected chi connectivity index (χ3v) is 7.20. The number of aliphatic imine (C=N–C) groups is 1. The number of allylic oxidation sites excluding steroid dienone is 1. The zero-order valence-electron chi connectivity index (χ0n) is 21.3. The summed E-state index contributed by atoms with van der Waals surface area (Å²) in [4.78, 5) is 45.5. The molecule has 37 heavy (non-hydrogen) atoms. The van der Waals surface area contributed by atoms with Crippen molar-refractivity contribution in [3.05, 3.63) is 76.0 Å². The van der Waals surface area contributed by atoms with E-state index in [0.717, 1.165) is 11.1 Å². The van der Waals surface area contributed by atoms with Crippen molar-refractivity contribution in [2.75, 3.05) is 20.3 Å². The number of methoxy groups -OCH3 is 1. The number of rotatable bonds is 7. The van der Waals surface area contributed by atoms with E-state index in [2.05, 4.69) is 0 Å². The van der Waals surface area contributed by atoms with Gasteiger partial charge in [-0.15, -0.1) is 0 Å². The molecule has 0 saturated heterocycles. The number of fused-ring (bicyclic) bond motifs is 1. The molecule has 4 rings (SSSR count). The van der Waals surface area contributed by atoms with Crippen molar-refractivity contribution >= 4 is 35.0 Å². The Bertz CT molecular complexity index is 1270. The smallest absolute Gasteiger partial charge is 0.336 e. The molecule has 0 spiro atoms. The molecule has 1 heterocycles. The maximum absolute atomic E-state index is 14.3. The molecule has 0 radical (unpaired) electrons. The van der Waals surface area contributed by atoms with E-state index in [4.69, 9.17) is 30.8 Å². The number of ketones is 1. The van der Waals surface area contributed by atoms with Crippen LogP contribution in [0.2, 0.25) is 5.02 Å². The summed E-state index contributed by atoms with van der Waals surface area (Å²) in [6.07, 6.45) is 0.331. The van der Waals surface area contributed by atoms with Gasteiger partial charge in [-0.2, -0.15) is 0 Å². The lowest BCUT2D eigenvalue weighted by Crippen LogP contribution is -2.48. The normalized spacial score (nSPS) is 23.2. The molecule has 0 bridgehead atoms. The van der Waals surface area contributed by atoms with E-state index in [9.17, 15) is 14.4 Å². The van der Waals surface area contributed by atoms with Gasteiger partial charge in [-0.1, -0.05) is 41.9 Å². The third kappa shape index (κ3) is 5.05. The Balaban J connectivity index is 1.91. The summed E-state index contributed by atoms with van der Waals surface area (Å²) in [5.41, 5.74) is 2.87. The van der Waals surface area contributed by atoms with Crippen molar-refractivity contribution in [1.29, 1.82) is 0 Å². The first kappa shape index (κ1) is 26.6. The number of benzene rings is 2. The van der Waals surface area contributed by atoms with Gasteiger partial charge in [0, 0.05) is 28.3 Å². The molecule has 8 heteroatoms. The van der Waals surface area contributed by atoms with Gasteiger partial charge in [0.15, 0.2) is 5.78 Å². The SMILES string of the molecule is CCOC(=O)C1=C(C)N=C2C[C@@H](c3ccccc3OC)[C@@H](C(=O)OCC)C(=O)C2[C@@H]1c1ccc(Cl)cc1. The first-order chi connectivity index (χ1) is 17.8. The van der Waals surface area contributed by atoms with Gasteiger partial charge in [0.1, 0.15) is 11.7 Å². The molecule has 1 aliphatic carbocycles. The van der Waals surface area contributed by atoms with Crippen LogP contribution in [0.3, 0.4) is 0 Å². The minimum absolute atomic E-state index is 0.139. The number of halogens is 1. The standard InChI is InChI=1S/C29H30ClNO6/c1-5-36-28(33)23-16(3)31-21-15-20(19-9-7-8-10-22(19)35-4)25(29(34)37-6-2)27(32)26(21)24(23)17-11-13-18(30)14-12-17/h7-14,20,24-26H,5-6,15H2,1-4H3/t20-,24+,25+,26?/m0/s1. The largest absolute Gasteiger partial charge is 0.496 e. The minimum atomic E-state index is -1.09. The second-order valence-electron chi connectivity index (χ2n) is 9.01. The van der Waals surface area contributed by atoms with Crippen LogP contribution in [0, 0.1) is 11.8 Å². The average Bonchev–Trinajstić information content (AvgIpc) is 2.88. The molecule has 194 valence electrons. The van der Waals surface area contributed by atoms with E-state index < -0.39 is 35.6 Å². The highest BCUT2D eigenvalue weighted by Gasteiger charge is 2.53. The molecule has 7 nitrogen and oxygen atoms in total.